The van der Waals surface area contributed by atoms with Crippen LogP contribution in [0.1, 0.15) is 12.5 Å². The number of carbonyl (C=O) groups is 1. The fourth-order valence-electron chi connectivity index (χ4n) is 1.89. The first-order valence-electron chi connectivity index (χ1n) is 6.56. The molecule has 0 spiro atoms. The van der Waals surface area contributed by atoms with Gasteiger partial charge in [-0.2, -0.15) is 5.10 Å². The van der Waals surface area contributed by atoms with Crippen molar-refractivity contribution in [3.8, 4) is 5.75 Å². The monoisotopic (exact) mass is 290 g/mol. The summed E-state index contributed by atoms with van der Waals surface area (Å²) in [5, 5.41) is 16.0. The van der Waals surface area contributed by atoms with Crippen LogP contribution in [0, 0.1) is 0 Å². The summed E-state index contributed by atoms with van der Waals surface area (Å²) in [6.45, 7) is 2.29. The van der Waals surface area contributed by atoms with Gasteiger partial charge in [-0.25, -0.2) is 0 Å². The quantitative estimate of drug-likeness (QED) is 0.736. The Bertz CT molecular complexity index is 624. The Balaban J connectivity index is 2.03. The van der Waals surface area contributed by atoms with E-state index < -0.39 is 0 Å². The number of rotatable bonds is 6. The number of amides is 1. The summed E-state index contributed by atoms with van der Waals surface area (Å²) < 4.78 is 6.84. The molecule has 112 valence electrons. The molecule has 0 radical (unpaired) electrons. The predicted molar refractivity (Wildman–Crippen MR) is 78.8 cm³/mol. The van der Waals surface area contributed by atoms with Crippen molar-refractivity contribution in [2.75, 3.05) is 17.7 Å². The Labute approximate surface area is 122 Å². The molecule has 1 heterocycles. The molecule has 0 unspecified atom stereocenters. The first-order valence-corrected chi connectivity index (χ1v) is 6.56. The van der Waals surface area contributed by atoms with Crippen molar-refractivity contribution < 1.29 is 14.6 Å². The predicted octanol–water partition coefficient (Wildman–Crippen LogP) is 0.995. The molecule has 1 aromatic heterocycles. The van der Waals surface area contributed by atoms with Crippen LogP contribution in [-0.4, -0.2) is 27.4 Å². The Morgan fingerprint density at radius 1 is 1.52 bits per heavy atom. The van der Waals surface area contributed by atoms with Crippen LogP contribution in [-0.2, 0) is 17.9 Å². The number of nitrogens with one attached hydrogen (secondary N) is 1. The Hall–Kier alpha value is -2.54. The van der Waals surface area contributed by atoms with Crippen LogP contribution in [0.25, 0.3) is 0 Å². The average molecular weight is 290 g/mol. The van der Waals surface area contributed by atoms with Gasteiger partial charge < -0.3 is 20.9 Å². The van der Waals surface area contributed by atoms with E-state index in [1.165, 1.54) is 10.9 Å². The molecule has 0 atom stereocenters. The summed E-state index contributed by atoms with van der Waals surface area (Å²) in [5.41, 5.74) is 7.25. The van der Waals surface area contributed by atoms with E-state index >= 15 is 0 Å². The maximum Gasteiger partial charge on any atom is 0.246 e. The van der Waals surface area contributed by atoms with Crippen LogP contribution < -0.4 is 15.8 Å². The summed E-state index contributed by atoms with van der Waals surface area (Å²) in [6, 6.07) is 5.12. The number of nitrogens with two attached hydrogens (primary N) is 1. The standard InChI is InChI=1S/C14H18N4O3/c1-2-21-13-4-3-12(5-10(13)9-19)17-14(20)8-18-7-11(15)6-16-18/h3-7,19H,2,8-9,15H2,1H3,(H,17,20). The molecule has 1 amide bonds. The Morgan fingerprint density at radius 3 is 2.95 bits per heavy atom. The van der Waals surface area contributed by atoms with Gasteiger partial charge in [-0.1, -0.05) is 0 Å². The van der Waals surface area contributed by atoms with Crippen molar-refractivity contribution >= 4 is 17.3 Å². The number of carbonyl (C=O) groups excluding carboxylic acids is 1. The smallest absolute Gasteiger partial charge is 0.246 e. The van der Waals surface area contributed by atoms with E-state index in [1.807, 2.05) is 6.92 Å². The minimum atomic E-state index is -0.230. The number of ether oxygens (including phenoxy) is 1. The number of benzene rings is 1. The summed E-state index contributed by atoms with van der Waals surface area (Å²) in [6.07, 6.45) is 3.06. The van der Waals surface area contributed by atoms with E-state index in [2.05, 4.69) is 10.4 Å². The molecule has 0 aliphatic heterocycles. The van der Waals surface area contributed by atoms with Gasteiger partial charge in [0.05, 0.1) is 25.1 Å². The highest BCUT2D eigenvalue weighted by atomic mass is 16.5. The molecule has 0 saturated heterocycles. The number of nitrogen functional groups attached to an aromatic ring is 1. The number of nitrogens with zero attached hydrogens (tertiary/aromatic N) is 2. The molecule has 0 fully saturated rings. The van der Waals surface area contributed by atoms with Crippen LogP contribution in [0.5, 0.6) is 5.75 Å². The first kappa shape index (κ1) is 14.9. The zero-order valence-electron chi connectivity index (χ0n) is 11.7. The van der Waals surface area contributed by atoms with Gasteiger partial charge in [0, 0.05) is 17.4 Å². The van der Waals surface area contributed by atoms with E-state index in [0.29, 0.717) is 29.3 Å². The molecular weight excluding hydrogens is 272 g/mol. The molecule has 1 aromatic carbocycles. The zero-order valence-corrected chi connectivity index (χ0v) is 11.7. The second kappa shape index (κ2) is 6.76. The van der Waals surface area contributed by atoms with Crippen LogP contribution in [0.15, 0.2) is 30.6 Å². The number of hydrogen-bond acceptors (Lipinski definition) is 5. The lowest BCUT2D eigenvalue weighted by Gasteiger charge is -2.11. The van der Waals surface area contributed by atoms with Crippen molar-refractivity contribution in [3.63, 3.8) is 0 Å². The summed E-state index contributed by atoms with van der Waals surface area (Å²) in [7, 11) is 0. The highest BCUT2D eigenvalue weighted by Crippen LogP contribution is 2.23. The molecule has 7 nitrogen and oxygen atoms in total. The highest BCUT2D eigenvalue weighted by Gasteiger charge is 2.08. The van der Waals surface area contributed by atoms with Gasteiger partial charge in [0.2, 0.25) is 5.91 Å². The number of aromatic nitrogens is 2. The van der Waals surface area contributed by atoms with Crippen molar-refractivity contribution in [2.45, 2.75) is 20.1 Å². The van der Waals surface area contributed by atoms with Gasteiger partial charge in [-0.3, -0.25) is 9.48 Å². The molecule has 0 bridgehead atoms. The minimum absolute atomic E-state index is 0.0683. The van der Waals surface area contributed by atoms with Crippen molar-refractivity contribution in [3.05, 3.63) is 36.2 Å². The lowest BCUT2D eigenvalue weighted by molar-refractivity contribution is -0.116. The van der Waals surface area contributed by atoms with Gasteiger partial charge in [0.15, 0.2) is 0 Å². The molecule has 7 heteroatoms. The maximum absolute atomic E-state index is 11.9. The molecule has 0 aliphatic rings. The average Bonchev–Trinajstić information content (AvgIpc) is 2.85. The topological polar surface area (TPSA) is 102 Å². The lowest BCUT2D eigenvalue weighted by Crippen LogP contribution is -2.19. The summed E-state index contributed by atoms with van der Waals surface area (Å²) in [5.74, 6) is 0.379. The van der Waals surface area contributed by atoms with Crippen LogP contribution >= 0.6 is 0 Å². The Kier molecular flexibility index (Phi) is 4.78. The van der Waals surface area contributed by atoms with Crippen molar-refractivity contribution in [2.24, 2.45) is 0 Å². The number of hydrogen-bond donors (Lipinski definition) is 3. The van der Waals surface area contributed by atoms with Crippen molar-refractivity contribution in [1.29, 1.82) is 0 Å². The molecule has 4 N–H and O–H groups in total. The van der Waals surface area contributed by atoms with E-state index in [1.54, 1.807) is 24.4 Å². The largest absolute Gasteiger partial charge is 0.494 e. The van der Waals surface area contributed by atoms with Crippen LogP contribution in [0.4, 0.5) is 11.4 Å². The highest BCUT2D eigenvalue weighted by molar-refractivity contribution is 5.90. The number of anilines is 2. The van der Waals surface area contributed by atoms with E-state index in [0.717, 1.165) is 0 Å². The second-order valence-corrected chi connectivity index (χ2v) is 4.43. The van der Waals surface area contributed by atoms with Gasteiger partial charge in [0.1, 0.15) is 12.3 Å². The third-order valence-corrected chi connectivity index (χ3v) is 2.77. The normalized spacial score (nSPS) is 10.4. The molecule has 2 rings (SSSR count). The van der Waals surface area contributed by atoms with Gasteiger partial charge >= 0.3 is 0 Å². The van der Waals surface area contributed by atoms with Crippen molar-refractivity contribution in [1.82, 2.24) is 9.78 Å². The molecular formula is C14H18N4O3. The first-order chi connectivity index (χ1) is 10.1. The zero-order chi connectivity index (χ0) is 15.2. The van der Waals surface area contributed by atoms with E-state index in [4.69, 9.17) is 10.5 Å². The maximum atomic E-state index is 11.9. The van der Waals surface area contributed by atoms with Gasteiger partial charge in [-0.15, -0.1) is 0 Å². The fraction of sp³-hybridized carbons (Fsp3) is 0.286. The van der Waals surface area contributed by atoms with E-state index in [-0.39, 0.29) is 19.1 Å². The third kappa shape index (κ3) is 3.96. The molecule has 0 aliphatic carbocycles. The number of aliphatic hydroxyl groups is 1. The van der Waals surface area contributed by atoms with Gasteiger partial charge in [0.25, 0.3) is 0 Å². The van der Waals surface area contributed by atoms with Crippen LogP contribution in [0.3, 0.4) is 0 Å². The fourth-order valence-corrected chi connectivity index (χ4v) is 1.89. The lowest BCUT2D eigenvalue weighted by atomic mass is 10.2. The Morgan fingerprint density at radius 2 is 2.33 bits per heavy atom. The minimum Gasteiger partial charge on any atom is -0.494 e. The number of aliphatic hydroxyl groups excluding tert-OH is 1. The summed E-state index contributed by atoms with van der Waals surface area (Å²) >= 11 is 0. The van der Waals surface area contributed by atoms with E-state index in [9.17, 15) is 9.90 Å². The van der Waals surface area contributed by atoms with Crippen LogP contribution in [0.2, 0.25) is 0 Å². The summed E-state index contributed by atoms with van der Waals surface area (Å²) in [4.78, 5) is 11.9. The second-order valence-electron chi connectivity index (χ2n) is 4.43. The van der Waals surface area contributed by atoms with Gasteiger partial charge in [-0.05, 0) is 25.1 Å². The SMILES string of the molecule is CCOc1ccc(NC(=O)Cn2cc(N)cn2)cc1CO. The third-order valence-electron chi connectivity index (χ3n) is 2.77. The molecule has 0 saturated carbocycles. The molecule has 21 heavy (non-hydrogen) atoms. The molecule has 2 aromatic rings.